The molecular weight excluding hydrogens is 370 g/mol. The van der Waals surface area contributed by atoms with Gasteiger partial charge >= 0.3 is 0 Å². The van der Waals surface area contributed by atoms with Crippen molar-refractivity contribution in [3.8, 4) is 0 Å². The average Bonchev–Trinajstić information content (AvgIpc) is 3.11. The predicted molar refractivity (Wildman–Crippen MR) is 111 cm³/mol. The van der Waals surface area contributed by atoms with Crippen molar-refractivity contribution in [2.75, 3.05) is 11.9 Å². The highest BCUT2D eigenvalue weighted by Gasteiger charge is 2.47. The third kappa shape index (κ3) is 4.11. The normalized spacial score (nSPS) is 28.4. The van der Waals surface area contributed by atoms with Crippen LogP contribution >= 0.6 is 0 Å². The van der Waals surface area contributed by atoms with Crippen LogP contribution in [0.3, 0.4) is 0 Å². The monoisotopic (exact) mass is 399 g/mol. The summed E-state index contributed by atoms with van der Waals surface area (Å²) in [4.78, 5) is 43.1. The summed E-state index contributed by atoms with van der Waals surface area (Å²) in [7, 11) is 1.81. The number of benzene rings is 1. The van der Waals surface area contributed by atoms with Crippen LogP contribution in [-0.2, 0) is 14.4 Å². The molecule has 1 fully saturated rings. The van der Waals surface area contributed by atoms with E-state index in [1.807, 2.05) is 38.2 Å². The first kappa shape index (κ1) is 20.8. The van der Waals surface area contributed by atoms with E-state index in [-0.39, 0.29) is 23.8 Å². The Bertz CT molecular complexity index is 831. The minimum Gasteiger partial charge on any atom is -0.368 e. The molecule has 2 unspecified atom stereocenters. The van der Waals surface area contributed by atoms with Gasteiger partial charge in [0.25, 0.3) is 0 Å². The Balaban J connectivity index is 1.55. The van der Waals surface area contributed by atoms with Crippen molar-refractivity contribution in [2.24, 2.45) is 16.6 Å². The predicted octanol–water partition coefficient (Wildman–Crippen LogP) is 0.877. The number of hydrogen-bond donors (Lipinski definition) is 3. The van der Waals surface area contributed by atoms with Gasteiger partial charge in [0, 0.05) is 24.7 Å². The zero-order valence-corrected chi connectivity index (χ0v) is 17.1. The van der Waals surface area contributed by atoms with E-state index < -0.39 is 17.5 Å². The summed E-state index contributed by atoms with van der Waals surface area (Å²) in [5.41, 5.74) is 6.20. The van der Waals surface area contributed by atoms with Crippen LogP contribution < -0.4 is 21.3 Å². The van der Waals surface area contributed by atoms with E-state index in [1.54, 1.807) is 11.8 Å². The van der Waals surface area contributed by atoms with Gasteiger partial charge in [-0.25, -0.2) is 0 Å². The Kier molecular flexibility index (Phi) is 5.91. The molecule has 156 valence electrons. The van der Waals surface area contributed by atoms with Crippen molar-refractivity contribution in [1.82, 2.24) is 10.6 Å². The maximum absolute atomic E-state index is 12.9. The summed E-state index contributed by atoms with van der Waals surface area (Å²) in [6.07, 6.45) is 4.19. The summed E-state index contributed by atoms with van der Waals surface area (Å²) in [6, 6.07) is 6.91. The molecule has 2 aliphatic rings. The number of nitrogens with one attached hydrogen (secondary N) is 2. The van der Waals surface area contributed by atoms with Crippen molar-refractivity contribution >= 4 is 29.7 Å². The number of aryl methyl sites for hydroxylation is 1. The highest BCUT2D eigenvalue weighted by molar-refractivity contribution is 5.99. The number of amides is 3. The Hall–Kier alpha value is -2.90. The molecule has 0 aromatic heterocycles. The minimum atomic E-state index is -1.21. The second-order valence-corrected chi connectivity index (χ2v) is 8.13. The molecule has 0 saturated heterocycles. The van der Waals surface area contributed by atoms with Crippen LogP contribution in [0.4, 0.5) is 5.69 Å². The number of rotatable bonds is 5. The number of carbonyl (C=O) groups excluding carboxylic acids is 3. The Labute approximate surface area is 170 Å². The fourth-order valence-corrected chi connectivity index (χ4v) is 4.11. The molecule has 1 aromatic rings. The van der Waals surface area contributed by atoms with Crippen molar-refractivity contribution in [1.29, 1.82) is 0 Å². The lowest BCUT2D eigenvalue weighted by atomic mass is 9.84. The third-order valence-corrected chi connectivity index (χ3v) is 6.13. The van der Waals surface area contributed by atoms with Gasteiger partial charge in [0.15, 0.2) is 6.04 Å². The summed E-state index contributed by atoms with van der Waals surface area (Å²) < 4.78 is 0. The number of carbonyl (C=O) groups is 3. The number of aliphatic imine (C=N–C) groups is 1. The summed E-state index contributed by atoms with van der Waals surface area (Å²) in [5.74, 6) is -0.896. The van der Waals surface area contributed by atoms with Crippen LogP contribution in [0.2, 0.25) is 0 Å². The van der Waals surface area contributed by atoms with Crippen LogP contribution in [0.25, 0.3) is 0 Å². The number of nitrogens with two attached hydrogens (primary N) is 1. The number of hydrogen-bond acceptors (Lipinski definition) is 5. The molecular formula is C21H29N5O3. The van der Waals surface area contributed by atoms with Crippen molar-refractivity contribution < 1.29 is 14.4 Å². The minimum absolute atomic E-state index is 0.0387. The SMILES string of the molecule is Cc1ccccc1N(C)C(=O)C1CCC(NC(=O)C2N=CNC2(C)C(N)=O)CC1. The third-order valence-electron chi connectivity index (χ3n) is 6.13. The number of para-hydroxylation sites is 1. The summed E-state index contributed by atoms with van der Waals surface area (Å²) in [5, 5.41) is 5.75. The molecule has 1 saturated carbocycles. The maximum Gasteiger partial charge on any atom is 0.248 e. The van der Waals surface area contributed by atoms with Gasteiger partial charge in [-0.05, 0) is 51.2 Å². The summed E-state index contributed by atoms with van der Waals surface area (Å²) in [6.45, 7) is 3.56. The van der Waals surface area contributed by atoms with Gasteiger partial charge in [-0.15, -0.1) is 0 Å². The molecule has 1 aromatic carbocycles. The van der Waals surface area contributed by atoms with Crippen molar-refractivity contribution in [3.63, 3.8) is 0 Å². The molecule has 3 rings (SSSR count). The van der Waals surface area contributed by atoms with E-state index in [2.05, 4.69) is 15.6 Å². The largest absolute Gasteiger partial charge is 0.368 e. The summed E-state index contributed by atoms with van der Waals surface area (Å²) >= 11 is 0. The van der Waals surface area contributed by atoms with Gasteiger partial charge in [-0.3, -0.25) is 19.4 Å². The molecule has 29 heavy (non-hydrogen) atoms. The first-order chi connectivity index (χ1) is 13.7. The fourth-order valence-electron chi connectivity index (χ4n) is 4.11. The van der Waals surface area contributed by atoms with Crippen LogP contribution in [-0.4, -0.2) is 48.7 Å². The van der Waals surface area contributed by atoms with Gasteiger partial charge in [0.05, 0.1) is 6.34 Å². The fraction of sp³-hybridized carbons (Fsp3) is 0.524. The first-order valence-corrected chi connectivity index (χ1v) is 9.97. The van der Waals surface area contributed by atoms with Gasteiger partial charge in [-0.2, -0.15) is 0 Å². The highest BCUT2D eigenvalue weighted by atomic mass is 16.2. The van der Waals surface area contributed by atoms with E-state index >= 15 is 0 Å². The van der Waals surface area contributed by atoms with Crippen molar-refractivity contribution in [3.05, 3.63) is 29.8 Å². The lowest BCUT2D eigenvalue weighted by Gasteiger charge is -2.33. The van der Waals surface area contributed by atoms with Gasteiger partial charge in [-0.1, -0.05) is 18.2 Å². The lowest BCUT2D eigenvalue weighted by Crippen LogP contribution is -2.61. The molecule has 2 atom stereocenters. The standard InChI is InChI=1S/C21H29N5O3/c1-13-6-4-5-7-16(13)26(3)19(28)14-8-10-15(11-9-14)25-18(27)17-21(2,20(22)29)24-12-23-17/h4-7,12,14-15,17H,8-11H2,1-3H3,(H2,22,29)(H,23,24)(H,25,27). The van der Waals surface area contributed by atoms with E-state index in [0.29, 0.717) is 25.7 Å². The number of primary amides is 1. The molecule has 4 N–H and O–H groups in total. The smallest absolute Gasteiger partial charge is 0.248 e. The van der Waals surface area contributed by atoms with E-state index in [9.17, 15) is 14.4 Å². The Morgan fingerprint density at radius 1 is 1.21 bits per heavy atom. The van der Waals surface area contributed by atoms with Gasteiger partial charge < -0.3 is 21.3 Å². The van der Waals surface area contributed by atoms with Crippen LogP contribution in [0.5, 0.6) is 0 Å². The molecule has 0 spiro atoms. The highest BCUT2D eigenvalue weighted by Crippen LogP contribution is 2.29. The molecule has 8 nitrogen and oxygen atoms in total. The maximum atomic E-state index is 12.9. The van der Waals surface area contributed by atoms with E-state index in [0.717, 1.165) is 11.3 Å². The molecule has 0 bridgehead atoms. The second-order valence-electron chi connectivity index (χ2n) is 8.13. The topological polar surface area (TPSA) is 117 Å². The molecule has 1 heterocycles. The molecule has 8 heteroatoms. The molecule has 0 radical (unpaired) electrons. The molecule has 3 amide bonds. The zero-order chi connectivity index (χ0) is 21.2. The Morgan fingerprint density at radius 3 is 2.48 bits per heavy atom. The Morgan fingerprint density at radius 2 is 1.86 bits per heavy atom. The average molecular weight is 399 g/mol. The van der Waals surface area contributed by atoms with Gasteiger partial charge in [0.1, 0.15) is 5.54 Å². The van der Waals surface area contributed by atoms with Gasteiger partial charge in [0.2, 0.25) is 17.7 Å². The zero-order valence-electron chi connectivity index (χ0n) is 17.1. The lowest BCUT2D eigenvalue weighted by molar-refractivity contribution is -0.131. The number of nitrogens with zero attached hydrogens (tertiary/aromatic N) is 2. The first-order valence-electron chi connectivity index (χ1n) is 9.97. The van der Waals surface area contributed by atoms with Crippen LogP contribution in [0, 0.1) is 12.8 Å². The van der Waals surface area contributed by atoms with Crippen LogP contribution in [0.15, 0.2) is 29.3 Å². The molecule has 1 aliphatic heterocycles. The van der Waals surface area contributed by atoms with E-state index in [4.69, 9.17) is 5.73 Å². The quantitative estimate of drug-likeness (QED) is 0.681. The molecule has 1 aliphatic carbocycles. The van der Waals surface area contributed by atoms with E-state index in [1.165, 1.54) is 6.34 Å². The van der Waals surface area contributed by atoms with Crippen molar-refractivity contribution in [2.45, 2.75) is 57.2 Å². The van der Waals surface area contributed by atoms with Crippen LogP contribution in [0.1, 0.15) is 38.2 Å². The number of anilines is 1. The second kappa shape index (κ2) is 8.23.